The number of imide groups is 1. The highest BCUT2D eigenvalue weighted by Gasteiger charge is 2.43. The van der Waals surface area contributed by atoms with E-state index >= 15 is 0 Å². The van der Waals surface area contributed by atoms with Crippen LogP contribution < -0.4 is 10.2 Å². The van der Waals surface area contributed by atoms with Gasteiger partial charge in [0.2, 0.25) is 5.91 Å². The maximum Gasteiger partial charge on any atom is 0.332 e. The van der Waals surface area contributed by atoms with Crippen LogP contribution in [0.1, 0.15) is 43.4 Å². The molecule has 1 saturated heterocycles. The van der Waals surface area contributed by atoms with Gasteiger partial charge in [0.15, 0.2) is 0 Å². The SMILES string of the molecule is Cc1ccc(N2C(=O)N(CC(=O)NCCc3ccc(C(C)C)cc3)C(=O)[C@@H]2C)cc1. The lowest BCUT2D eigenvalue weighted by atomic mass is 10.0. The summed E-state index contributed by atoms with van der Waals surface area (Å²) in [6.45, 7) is 8.12. The number of benzene rings is 2. The summed E-state index contributed by atoms with van der Waals surface area (Å²) >= 11 is 0. The van der Waals surface area contributed by atoms with Crippen molar-refractivity contribution >= 4 is 23.5 Å². The molecule has 0 aliphatic carbocycles. The van der Waals surface area contributed by atoms with Crippen molar-refractivity contribution in [3.8, 4) is 0 Å². The molecule has 6 nitrogen and oxygen atoms in total. The van der Waals surface area contributed by atoms with E-state index in [4.69, 9.17) is 0 Å². The topological polar surface area (TPSA) is 69.7 Å². The molecule has 6 heteroatoms. The van der Waals surface area contributed by atoms with Crippen LogP contribution in [0.2, 0.25) is 0 Å². The fraction of sp³-hybridized carbons (Fsp3) is 0.375. The average Bonchev–Trinajstić information content (AvgIpc) is 2.92. The van der Waals surface area contributed by atoms with Crippen molar-refractivity contribution in [3.05, 3.63) is 65.2 Å². The van der Waals surface area contributed by atoms with Crippen molar-refractivity contribution in [1.82, 2.24) is 10.2 Å². The molecule has 1 aliphatic rings. The van der Waals surface area contributed by atoms with Crippen LogP contribution in [-0.2, 0) is 16.0 Å². The van der Waals surface area contributed by atoms with E-state index < -0.39 is 12.1 Å². The summed E-state index contributed by atoms with van der Waals surface area (Å²) in [5.74, 6) is -0.218. The molecule has 1 N–H and O–H groups in total. The van der Waals surface area contributed by atoms with Gasteiger partial charge in [0, 0.05) is 12.2 Å². The van der Waals surface area contributed by atoms with Gasteiger partial charge in [0.05, 0.1) is 0 Å². The lowest BCUT2D eigenvalue weighted by Gasteiger charge is -2.19. The average molecular weight is 408 g/mol. The Hall–Kier alpha value is -3.15. The Balaban J connectivity index is 1.55. The molecule has 0 radical (unpaired) electrons. The van der Waals surface area contributed by atoms with Crippen LogP contribution in [0.4, 0.5) is 10.5 Å². The quantitative estimate of drug-likeness (QED) is 0.713. The largest absolute Gasteiger partial charge is 0.354 e. The first-order valence-corrected chi connectivity index (χ1v) is 10.3. The fourth-order valence-electron chi connectivity index (χ4n) is 3.53. The third kappa shape index (κ3) is 4.70. The van der Waals surface area contributed by atoms with Gasteiger partial charge in [-0.25, -0.2) is 4.79 Å². The zero-order valence-electron chi connectivity index (χ0n) is 18.0. The number of rotatable bonds is 7. The van der Waals surface area contributed by atoms with Gasteiger partial charge in [-0.3, -0.25) is 19.4 Å². The predicted molar refractivity (Wildman–Crippen MR) is 117 cm³/mol. The van der Waals surface area contributed by atoms with Crippen molar-refractivity contribution in [3.63, 3.8) is 0 Å². The molecule has 0 unspecified atom stereocenters. The number of hydrogen-bond acceptors (Lipinski definition) is 3. The van der Waals surface area contributed by atoms with Crippen molar-refractivity contribution < 1.29 is 14.4 Å². The van der Waals surface area contributed by atoms with E-state index in [1.807, 2.05) is 31.2 Å². The van der Waals surface area contributed by atoms with Crippen LogP contribution in [-0.4, -0.2) is 41.9 Å². The molecule has 0 spiro atoms. The minimum absolute atomic E-state index is 0.267. The molecule has 3 rings (SSSR count). The molecule has 0 saturated carbocycles. The highest BCUT2D eigenvalue weighted by Crippen LogP contribution is 2.25. The van der Waals surface area contributed by atoms with E-state index in [0.717, 1.165) is 16.0 Å². The lowest BCUT2D eigenvalue weighted by Crippen LogP contribution is -2.42. The summed E-state index contributed by atoms with van der Waals surface area (Å²) in [5, 5.41) is 2.81. The Bertz CT molecular complexity index is 920. The summed E-state index contributed by atoms with van der Waals surface area (Å²) in [7, 11) is 0. The van der Waals surface area contributed by atoms with Gasteiger partial charge in [-0.05, 0) is 49.4 Å². The Kier molecular flexibility index (Phi) is 6.55. The number of nitrogens with zero attached hydrogens (tertiary/aromatic N) is 2. The molecule has 1 fully saturated rings. The van der Waals surface area contributed by atoms with E-state index in [1.165, 1.54) is 10.5 Å². The number of carbonyl (C=O) groups excluding carboxylic acids is 3. The Morgan fingerprint density at radius 2 is 1.67 bits per heavy atom. The molecular formula is C24H29N3O3. The first kappa shape index (κ1) is 21.6. The summed E-state index contributed by atoms with van der Waals surface area (Å²) in [6, 6.07) is 14.6. The van der Waals surface area contributed by atoms with Gasteiger partial charge in [-0.15, -0.1) is 0 Å². The minimum Gasteiger partial charge on any atom is -0.354 e. The molecule has 1 heterocycles. The smallest absolute Gasteiger partial charge is 0.332 e. The minimum atomic E-state index is -0.632. The van der Waals surface area contributed by atoms with Gasteiger partial charge in [-0.2, -0.15) is 0 Å². The standard InChI is InChI=1S/C24H29N3O3/c1-16(2)20-9-7-19(8-10-20)13-14-25-22(28)15-26-23(29)18(4)27(24(26)30)21-11-5-17(3)6-12-21/h5-12,16,18H,13-15H2,1-4H3,(H,25,28)/t18-/m0/s1. The predicted octanol–water partition coefficient (Wildman–Crippen LogP) is 3.63. The summed E-state index contributed by atoms with van der Waals surface area (Å²) in [5.41, 5.74) is 4.13. The Labute approximate surface area is 177 Å². The molecule has 1 aliphatic heterocycles. The van der Waals surface area contributed by atoms with Crippen LogP contribution in [0.3, 0.4) is 0 Å². The lowest BCUT2D eigenvalue weighted by molar-refractivity contribution is -0.131. The van der Waals surface area contributed by atoms with E-state index in [-0.39, 0.29) is 18.4 Å². The first-order valence-electron chi connectivity index (χ1n) is 10.3. The van der Waals surface area contributed by atoms with E-state index in [0.29, 0.717) is 24.6 Å². The van der Waals surface area contributed by atoms with Crippen LogP contribution >= 0.6 is 0 Å². The third-order valence-electron chi connectivity index (χ3n) is 5.44. The number of anilines is 1. The number of nitrogens with one attached hydrogen (secondary N) is 1. The van der Waals surface area contributed by atoms with Crippen molar-refractivity contribution in [2.24, 2.45) is 0 Å². The fourth-order valence-corrected chi connectivity index (χ4v) is 3.53. The number of hydrogen-bond donors (Lipinski definition) is 1. The normalized spacial score (nSPS) is 16.5. The highest BCUT2D eigenvalue weighted by molar-refractivity contribution is 6.15. The van der Waals surface area contributed by atoms with Crippen molar-refractivity contribution in [1.29, 1.82) is 0 Å². The second-order valence-electron chi connectivity index (χ2n) is 8.08. The number of urea groups is 1. The molecular weight excluding hydrogens is 378 g/mol. The summed E-state index contributed by atoms with van der Waals surface area (Å²) < 4.78 is 0. The Morgan fingerprint density at radius 1 is 1.03 bits per heavy atom. The molecule has 0 aromatic heterocycles. The zero-order valence-corrected chi connectivity index (χ0v) is 18.0. The van der Waals surface area contributed by atoms with E-state index in [2.05, 4.69) is 43.4 Å². The molecule has 4 amide bonds. The summed E-state index contributed by atoms with van der Waals surface area (Å²) in [6.07, 6.45) is 0.692. The van der Waals surface area contributed by atoms with Gasteiger partial charge in [0.25, 0.3) is 5.91 Å². The molecule has 0 bridgehead atoms. The maximum atomic E-state index is 12.8. The van der Waals surface area contributed by atoms with Crippen LogP contribution in [0.5, 0.6) is 0 Å². The van der Waals surface area contributed by atoms with E-state index in [9.17, 15) is 14.4 Å². The maximum absolute atomic E-state index is 12.8. The second kappa shape index (κ2) is 9.11. The first-order chi connectivity index (χ1) is 14.3. The summed E-state index contributed by atoms with van der Waals surface area (Å²) in [4.78, 5) is 40.2. The van der Waals surface area contributed by atoms with Gasteiger partial charge >= 0.3 is 6.03 Å². The van der Waals surface area contributed by atoms with Gasteiger partial charge in [0.1, 0.15) is 12.6 Å². The van der Waals surface area contributed by atoms with Crippen LogP contribution in [0, 0.1) is 6.92 Å². The number of amides is 4. The zero-order chi connectivity index (χ0) is 21.8. The van der Waals surface area contributed by atoms with E-state index in [1.54, 1.807) is 6.92 Å². The number of aryl methyl sites for hydroxylation is 1. The third-order valence-corrected chi connectivity index (χ3v) is 5.44. The second-order valence-corrected chi connectivity index (χ2v) is 8.08. The molecule has 158 valence electrons. The molecule has 30 heavy (non-hydrogen) atoms. The number of carbonyl (C=O) groups is 3. The van der Waals surface area contributed by atoms with Gasteiger partial charge in [-0.1, -0.05) is 55.8 Å². The molecule has 1 atom stereocenters. The molecule has 2 aromatic rings. The highest BCUT2D eigenvalue weighted by atomic mass is 16.2. The van der Waals surface area contributed by atoms with Crippen LogP contribution in [0.25, 0.3) is 0 Å². The monoisotopic (exact) mass is 407 g/mol. The van der Waals surface area contributed by atoms with Crippen molar-refractivity contribution in [2.45, 2.75) is 46.1 Å². The molecule has 2 aromatic carbocycles. The van der Waals surface area contributed by atoms with Crippen molar-refractivity contribution in [2.75, 3.05) is 18.0 Å². The van der Waals surface area contributed by atoms with Crippen LogP contribution in [0.15, 0.2) is 48.5 Å². The Morgan fingerprint density at radius 3 is 2.27 bits per heavy atom. The van der Waals surface area contributed by atoms with Gasteiger partial charge < -0.3 is 5.32 Å².